The quantitative estimate of drug-likeness (QED) is 0.728. The van der Waals surface area contributed by atoms with Crippen molar-refractivity contribution in [1.82, 2.24) is 15.5 Å². The van der Waals surface area contributed by atoms with Crippen molar-refractivity contribution in [2.45, 2.75) is 32.9 Å². The molecular formula is C11H21N3O3. The fourth-order valence-corrected chi connectivity index (χ4v) is 1.75. The van der Waals surface area contributed by atoms with Gasteiger partial charge in [-0.25, -0.2) is 4.79 Å². The van der Waals surface area contributed by atoms with Crippen molar-refractivity contribution in [3.05, 3.63) is 0 Å². The molecule has 0 aromatic heterocycles. The Hall–Kier alpha value is -1.14. The summed E-state index contributed by atoms with van der Waals surface area (Å²) in [5.41, 5.74) is 0. The predicted octanol–water partition coefficient (Wildman–Crippen LogP) is -0.0587. The fraction of sp³-hybridized carbons (Fsp3) is 0.818. The van der Waals surface area contributed by atoms with Crippen molar-refractivity contribution in [1.29, 1.82) is 0 Å². The van der Waals surface area contributed by atoms with Gasteiger partial charge in [-0.15, -0.1) is 0 Å². The summed E-state index contributed by atoms with van der Waals surface area (Å²) >= 11 is 0. The number of urea groups is 1. The topological polar surface area (TPSA) is 70.7 Å². The SMILES string of the molecule is CCNC(=O)NC(=O)CN1CC(C)OCC1C. The Morgan fingerprint density at radius 3 is 2.76 bits per heavy atom. The highest BCUT2D eigenvalue weighted by Crippen LogP contribution is 2.10. The van der Waals surface area contributed by atoms with Crippen LogP contribution in [0.25, 0.3) is 0 Å². The molecule has 98 valence electrons. The number of imide groups is 1. The molecule has 0 aliphatic carbocycles. The smallest absolute Gasteiger partial charge is 0.321 e. The molecule has 0 radical (unpaired) electrons. The van der Waals surface area contributed by atoms with E-state index in [2.05, 4.69) is 10.6 Å². The van der Waals surface area contributed by atoms with Crippen LogP contribution in [0.1, 0.15) is 20.8 Å². The zero-order valence-electron chi connectivity index (χ0n) is 10.7. The molecule has 0 spiro atoms. The highest BCUT2D eigenvalue weighted by atomic mass is 16.5. The first-order valence-corrected chi connectivity index (χ1v) is 5.96. The number of rotatable bonds is 3. The maximum Gasteiger partial charge on any atom is 0.321 e. The Morgan fingerprint density at radius 2 is 2.12 bits per heavy atom. The van der Waals surface area contributed by atoms with Crippen LogP contribution in [0.2, 0.25) is 0 Å². The van der Waals surface area contributed by atoms with Crippen molar-refractivity contribution in [3.8, 4) is 0 Å². The lowest BCUT2D eigenvalue weighted by molar-refractivity contribution is -0.124. The molecule has 0 aromatic rings. The van der Waals surface area contributed by atoms with Crippen LogP contribution in [0.3, 0.4) is 0 Å². The van der Waals surface area contributed by atoms with Crippen LogP contribution in [0.5, 0.6) is 0 Å². The lowest BCUT2D eigenvalue weighted by Crippen LogP contribution is -2.52. The molecule has 17 heavy (non-hydrogen) atoms. The number of nitrogens with one attached hydrogen (secondary N) is 2. The Labute approximate surface area is 102 Å². The van der Waals surface area contributed by atoms with Crippen LogP contribution >= 0.6 is 0 Å². The van der Waals surface area contributed by atoms with Gasteiger partial charge in [0.2, 0.25) is 5.91 Å². The molecule has 6 nitrogen and oxygen atoms in total. The van der Waals surface area contributed by atoms with Gasteiger partial charge in [0, 0.05) is 19.1 Å². The fourth-order valence-electron chi connectivity index (χ4n) is 1.75. The van der Waals surface area contributed by atoms with Gasteiger partial charge in [-0.05, 0) is 20.8 Å². The molecule has 1 rings (SSSR count). The van der Waals surface area contributed by atoms with E-state index in [-0.39, 0.29) is 24.6 Å². The second-order valence-electron chi connectivity index (χ2n) is 4.33. The van der Waals surface area contributed by atoms with Crippen molar-refractivity contribution < 1.29 is 14.3 Å². The number of nitrogens with zero attached hydrogens (tertiary/aromatic N) is 1. The molecule has 6 heteroatoms. The van der Waals surface area contributed by atoms with Gasteiger partial charge in [0.15, 0.2) is 0 Å². The van der Waals surface area contributed by atoms with Crippen LogP contribution in [-0.4, -0.2) is 55.2 Å². The third-order valence-corrected chi connectivity index (χ3v) is 2.67. The molecule has 2 unspecified atom stereocenters. The number of carbonyl (C=O) groups excluding carboxylic acids is 2. The molecule has 1 aliphatic rings. The lowest BCUT2D eigenvalue weighted by atomic mass is 10.2. The van der Waals surface area contributed by atoms with E-state index < -0.39 is 6.03 Å². The van der Waals surface area contributed by atoms with Crippen LogP contribution in [-0.2, 0) is 9.53 Å². The Morgan fingerprint density at radius 1 is 1.41 bits per heavy atom. The van der Waals surface area contributed by atoms with E-state index in [1.54, 1.807) is 6.92 Å². The number of amides is 3. The summed E-state index contributed by atoms with van der Waals surface area (Å²) in [5, 5.41) is 4.81. The molecule has 2 N–H and O–H groups in total. The van der Waals surface area contributed by atoms with Gasteiger partial charge in [0.25, 0.3) is 0 Å². The van der Waals surface area contributed by atoms with Gasteiger partial charge in [0.05, 0.1) is 19.3 Å². The van der Waals surface area contributed by atoms with E-state index in [4.69, 9.17) is 4.74 Å². The monoisotopic (exact) mass is 243 g/mol. The number of carbonyl (C=O) groups is 2. The number of hydrogen-bond acceptors (Lipinski definition) is 4. The van der Waals surface area contributed by atoms with E-state index in [1.165, 1.54) is 0 Å². The van der Waals surface area contributed by atoms with Crippen molar-refractivity contribution >= 4 is 11.9 Å². The molecule has 1 heterocycles. The van der Waals surface area contributed by atoms with E-state index in [1.807, 2.05) is 18.7 Å². The van der Waals surface area contributed by atoms with E-state index in [9.17, 15) is 9.59 Å². The molecular weight excluding hydrogens is 222 g/mol. The minimum atomic E-state index is -0.438. The average Bonchev–Trinajstić information content (AvgIpc) is 2.23. The van der Waals surface area contributed by atoms with Crippen molar-refractivity contribution in [3.63, 3.8) is 0 Å². The van der Waals surface area contributed by atoms with Crippen LogP contribution < -0.4 is 10.6 Å². The van der Waals surface area contributed by atoms with Crippen molar-refractivity contribution in [2.75, 3.05) is 26.2 Å². The lowest BCUT2D eigenvalue weighted by Gasteiger charge is -2.36. The minimum Gasteiger partial charge on any atom is -0.376 e. The zero-order valence-corrected chi connectivity index (χ0v) is 10.7. The summed E-state index contributed by atoms with van der Waals surface area (Å²) in [4.78, 5) is 24.8. The maximum absolute atomic E-state index is 11.6. The Bertz CT molecular complexity index is 283. The Balaban J connectivity index is 2.36. The summed E-state index contributed by atoms with van der Waals surface area (Å²) < 4.78 is 5.47. The summed E-state index contributed by atoms with van der Waals surface area (Å²) in [6.07, 6.45) is 0.128. The first kappa shape index (κ1) is 13.9. The zero-order chi connectivity index (χ0) is 12.8. The van der Waals surface area contributed by atoms with E-state index in [0.29, 0.717) is 19.7 Å². The van der Waals surface area contributed by atoms with Gasteiger partial charge in [-0.3, -0.25) is 15.0 Å². The highest BCUT2D eigenvalue weighted by molar-refractivity contribution is 5.95. The molecule has 3 amide bonds. The third-order valence-electron chi connectivity index (χ3n) is 2.67. The summed E-state index contributed by atoms with van der Waals surface area (Å²) in [6.45, 7) is 7.84. The maximum atomic E-state index is 11.6. The molecule has 1 fully saturated rings. The van der Waals surface area contributed by atoms with Gasteiger partial charge < -0.3 is 10.1 Å². The molecule has 2 atom stereocenters. The van der Waals surface area contributed by atoms with Crippen LogP contribution in [0, 0.1) is 0 Å². The first-order chi connectivity index (χ1) is 8.02. The highest BCUT2D eigenvalue weighted by Gasteiger charge is 2.25. The normalized spacial score (nSPS) is 25.4. The molecule has 0 aromatic carbocycles. The first-order valence-electron chi connectivity index (χ1n) is 5.96. The minimum absolute atomic E-state index is 0.128. The third kappa shape index (κ3) is 4.70. The van der Waals surface area contributed by atoms with Gasteiger partial charge in [0.1, 0.15) is 0 Å². The van der Waals surface area contributed by atoms with E-state index >= 15 is 0 Å². The summed E-state index contributed by atoms with van der Waals surface area (Å²) in [7, 11) is 0. The second-order valence-corrected chi connectivity index (χ2v) is 4.33. The standard InChI is InChI=1S/C11H21N3O3/c1-4-12-11(16)13-10(15)6-14-5-9(3)17-7-8(14)2/h8-9H,4-7H2,1-3H3,(H2,12,13,15,16). The Kier molecular flexibility index (Phi) is 5.37. The molecule has 0 bridgehead atoms. The van der Waals surface area contributed by atoms with Crippen molar-refractivity contribution in [2.24, 2.45) is 0 Å². The summed E-state index contributed by atoms with van der Waals surface area (Å²) in [5.74, 6) is -0.281. The van der Waals surface area contributed by atoms with Crippen LogP contribution in [0.15, 0.2) is 0 Å². The number of ether oxygens (including phenoxy) is 1. The molecule has 1 aliphatic heterocycles. The van der Waals surface area contributed by atoms with Gasteiger partial charge in [-0.2, -0.15) is 0 Å². The molecule has 0 saturated carbocycles. The largest absolute Gasteiger partial charge is 0.376 e. The van der Waals surface area contributed by atoms with Crippen LogP contribution in [0.4, 0.5) is 4.79 Å². The summed E-state index contributed by atoms with van der Waals surface area (Å²) in [6, 6.07) is -0.238. The second kappa shape index (κ2) is 6.56. The molecule has 1 saturated heterocycles. The average molecular weight is 243 g/mol. The predicted molar refractivity (Wildman–Crippen MR) is 63.7 cm³/mol. The van der Waals surface area contributed by atoms with Gasteiger partial charge >= 0.3 is 6.03 Å². The number of hydrogen-bond donors (Lipinski definition) is 2. The number of morpholine rings is 1. The van der Waals surface area contributed by atoms with E-state index in [0.717, 1.165) is 0 Å². The van der Waals surface area contributed by atoms with Gasteiger partial charge in [-0.1, -0.05) is 0 Å².